The van der Waals surface area contributed by atoms with Crippen molar-refractivity contribution in [3.05, 3.63) is 156 Å². The smallest absolute Gasteiger partial charge is 0.0622 e. The summed E-state index contributed by atoms with van der Waals surface area (Å²) in [5.41, 5.74) is 4.71. The van der Waals surface area contributed by atoms with Gasteiger partial charge in [0, 0.05) is 0 Å². The SMILES string of the molecule is c1ccc(C(c2ccccc2)(c2ccccc2)c2ccc3ccccc3c2)cc1. The van der Waals surface area contributed by atoms with E-state index in [1.807, 2.05) is 0 Å². The fraction of sp³-hybridized carbons (Fsp3) is 0.0345. The molecular formula is C29H22. The first-order chi connectivity index (χ1) is 14.4. The van der Waals surface area contributed by atoms with Crippen LogP contribution in [0.15, 0.2) is 133 Å². The lowest BCUT2D eigenvalue weighted by atomic mass is 9.65. The standard InChI is InChI=1S/C29H22/c1-4-14-25(15-5-1)29(26-16-6-2-7-17-26,27-18-8-3-9-19-27)28-21-20-23-12-10-11-13-24(23)22-28/h1-22H. The van der Waals surface area contributed by atoms with Crippen LogP contribution >= 0.6 is 0 Å². The largest absolute Gasteiger partial charge is 0.0701 e. The van der Waals surface area contributed by atoms with E-state index < -0.39 is 0 Å². The zero-order valence-electron chi connectivity index (χ0n) is 16.2. The van der Waals surface area contributed by atoms with E-state index in [2.05, 4.69) is 133 Å². The molecule has 0 bridgehead atoms. The van der Waals surface area contributed by atoms with Crippen LogP contribution < -0.4 is 0 Å². The van der Waals surface area contributed by atoms with Gasteiger partial charge in [-0.25, -0.2) is 0 Å². The topological polar surface area (TPSA) is 0 Å². The van der Waals surface area contributed by atoms with Crippen LogP contribution in [0.4, 0.5) is 0 Å². The Kier molecular flexibility index (Phi) is 4.46. The molecule has 0 saturated heterocycles. The van der Waals surface area contributed by atoms with Crippen LogP contribution in [-0.4, -0.2) is 0 Å². The minimum absolute atomic E-state index is 0.381. The van der Waals surface area contributed by atoms with Gasteiger partial charge in [-0.2, -0.15) is 0 Å². The van der Waals surface area contributed by atoms with E-state index in [-0.39, 0.29) is 5.41 Å². The second kappa shape index (κ2) is 7.41. The van der Waals surface area contributed by atoms with Crippen LogP contribution in [0.5, 0.6) is 0 Å². The maximum atomic E-state index is 2.35. The summed E-state index contributed by atoms with van der Waals surface area (Å²) in [5.74, 6) is 0. The molecule has 0 heterocycles. The molecule has 5 aromatic carbocycles. The molecule has 138 valence electrons. The van der Waals surface area contributed by atoms with Gasteiger partial charge in [0.2, 0.25) is 0 Å². The summed E-state index contributed by atoms with van der Waals surface area (Å²) in [5, 5.41) is 2.52. The van der Waals surface area contributed by atoms with E-state index in [0.29, 0.717) is 0 Å². The lowest BCUT2D eigenvalue weighted by molar-refractivity contribution is 0.746. The van der Waals surface area contributed by atoms with Crippen molar-refractivity contribution in [3.8, 4) is 0 Å². The predicted octanol–water partition coefficient (Wildman–Crippen LogP) is 7.22. The monoisotopic (exact) mass is 370 g/mol. The maximum absolute atomic E-state index is 2.35. The number of fused-ring (bicyclic) bond motifs is 1. The maximum Gasteiger partial charge on any atom is 0.0701 e. The quantitative estimate of drug-likeness (QED) is 0.293. The summed E-state index contributed by atoms with van der Waals surface area (Å²) in [6, 6.07) is 48.0. The van der Waals surface area contributed by atoms with E-state index in [1.54, 1.807) is 0 Å². The zero-order chi connectivity index (χ0) is 19.5. The van der Waals surface area contributed by atoms with Gasteiger partial charge in [-0.3, -0.25) is 0 Å². The minimum atomic E-state index is -0.381. The van der Waals surface area contributed by atoms with Gasteiger partial charge in [-0.15, -0.1) is 0 Å². The lowest BCUT2D eigenvalue weighted by Crippen LogP contribution is -2.30. The second-order valence-corrected chi connectivity index (χ2v) is 7.41. The third kappa shape index (κ3) is 2.94. The summed E-state index contributed by atoms with van der Waals surface area (Å²) in [4.78, 5) is 0. The molecule has 29 heavy (non-hydrogen) atoms. The second-order valence-electron chi connectivity index (χ2n) is 7.41. The van der Waals surface area contributed by atoms with E-state index in [1.165, 1.54) is 33.0 Å². The molecule has 0 nitrogen and oxygen atoms in total. The fourth-order valence-corrected chi connectivity index (χ4v) is 4.49. The van der Waals surface area contributed by atoms with Crippen molar-refractivity contribution >= 4 is 10.8 Å². The van der Waals surface area contributed by atoms with Crippen molar-refractivity contribution in [1.82, 2.24) is 0 Å². The van der Waals surface area contributed by atoms with Crippen LogP contribution in [0, 0.1) is 0 Å². The zero-order valence-corrected chi connectivity index (χ0v) is 16.2. The fourth-order valence-electron chi connectivity index (χ4n) is 4.49. The van der Waals surface area contributed by atoms with Gasteiger partial charge in [0.05, 0.1) is 5.41 Å². The molecule has 0 heteroatoms. The van der Waals surface area contributed by atoms with E-state index >= 15 is 0 Å². The van der Waals surface area contributed by atoms with E-state index in [9.17, 15) is 0 Å². The lowest BCUT2D eigenvalue weighted by Gasteiger charge is -2.37. The summed E-state index contributed by atoms with van der Waals surface area (Å²) >= 11 is 0. The molecule has 5 aromatic rings. The van der Waals surface area contributed by atoms with Gasteiger partial charge in [-0.05, 0) is 39.1 Å². The third-order valence-electron chi connectivity index (χ3n) is 5.80. The van der Waals surface area contributed by atoms with E-state index in [4.69, 9.17) is 0 Å². The molecule has 0 spiro atoms. The number of hydrogen-bond donors (Lipinski definition) is 0. The van der Waals surface area contributed by atoms with Crippen molar-refractivity contribution in [2.24, 2.45) is 0 Å². The van der Waals surface area contributed by atoms with Gasteiger partial charge in [0.15, 0.2) is 0 Å². The number of rotatable bonds is 4. The molecule has 0 aliphatic heterocycles. The van der Waals surface area contributed by atoms with Gasteiger partial charge in [0.25, 0.3) is 0 Å². The molecule has 0 aliphatic rings. The molecule has 5 rings (SSSR count). The molecule has 0 amide bonds. The van der Waals surface area contributed by atoms with Crippen molar-refractivity contribution in [3.63, 3.8) is 0 Å². The molecule has 0 saturated carbocycles. The Morgan fingerprint density at radius 3 is 1.21 bits per heavy atom. The highest BCUT2D eigenvalue weighted by atomic mass is 14.4. The van der Waals surface area contributed by atoms with Crippen molar-refractivity contribution in [2.75, 3.05) is 0 Å². The Bertz CT molecular complexity index is 1130. The minimum Gasteiger partial charge on any atom is -0.0622 e. The van der Waals surface area contributed by atoms with Crippen molar-refractivity contribution < 1.29 is 0 Å². The Morgan fingerprint density at radius 2 is 0.724 bits per heavy atom. The first kappa shape index (κ1) is 17.5. The molecule has 0 aliphatic carbocycles. The van der Waals surface area contributed by atoms with Crippen molar-refractivity contribution in [2.45, 2.75) is 5.41 Å². The van der Waals surface area contributed by atoms with Crippen LogP contribution in [0.1, 0.15) is 22.3 Å². The first-order valence-corrected chi connectivity index (χ1v) is 10.0. The highest BCUT2D eigenvalue weighted by molar-refractivity contribution is 5.84. The summed E-state index contributed by atoms with van der Waals surface area (Å²) in [6.07, 6.45) is 0. The Hall–Kier alpha value is -3.64. The molecule has 0 unspecified atom stereocenters. The Balaban J connectivity index is 1.92. The molecule has 0 radical (unpaired) electrons. The van der Waals surface area contributed by atoms with Gasteiger partial charge in [-0.1, -0.05) is 127 Å². The predicted molar refractivity (Wildman–Crippen MR) is 122 cm³/mol. The van der Waals surface area contributed by atoms with Gasteiger partial charge >= 0.3 is 0 Å². The van der Waals surface area contributed by atoms with Crippen LogP contribution in [0.25, 0.3) is 10.8 Å². The summed E-state index contributed by atoms with van der Waals surface area (Å²) < 4.78 is 0. The average Bonchev–Trinajstić information content (AvgIpc) is 2.82. The highest BCUT2D eigenvalue weighted by Crippen LogP contribution is 2.45. The molecule has 0 N–H and O–H groups in total. The van der Waals surface area contributed by atoms with Crippen molar-refractivity contribution in [1.29, 1.82) is 0 Å². The summed E-state index contributed by atoms with van der Waals surface area (Å²) in [7, 11) is 0. The Morgan fingerprint density at radius 1 is 0.310 bits per heavy atom. The number of hydrogen-bond acceptors (Lipinski definition) is 0. The summed E-state index contributed by atoms with van der Waals surface area (Å²) in [6.45, 7) is 0. The van der Waals surface area contributed by atoms with Gasteiger partial charge < -0.3 is 0 Å². The Labute approximate surface area is 172 Å². The van der Waals surface area contributed by atoms with Crippen LogP contribution in [-0.2, 0) is 5.41 Å². The normalized spacial score (nSPS) is 11.4. The number of benzene rings is 5. The molecule has 0 aromatic heterocycles. The third-order valence-corrected chi connectivity index (χ3v) is 5.80. The molecule has 0 fully saturated rings. The highest BCUT2D eigenvalue weighted by Gasteiger charge is 2.38. The first-order valence-electron chi connectivity index (χ1n) is 10.0. The van der Waals surface area contributed by atoms with Crippen LogP contribution in [0.3, 0.4) is 0 Å². The van der Waals surface area contributed by atoms with E-state index in [0.717, 1.165) is 0 Å². The average molecular weight is 370 g/mol. The van der Waals surface area contributed by atoms with Gasteiger partial charge in [0.1, 0.15) is 0 Å². The molecule has 0 atom stereocenters. The molecular weight excluding hydrogens is 348 g/mol. The van der Waals surface area contributed by atoms with Crippen LogP contribution in [0.2, 0.25) is 0 Å².